The van der Waals surface area contributed by atoms with Gasteiger partial charge in [0.2, 0.25) is 0 Å². The molecule has 1 aromatic carbocycles. The van der Waals surface area contributed by atoms with Gasteiger partial charge in [-0.25, -0.2) is 0 Å². The van der Waals surface area contributed by atoms with Crippen LogP contribution in [0.2, 0.25) is 0 Å². The van der Waals surface area contributed by atoms with E-state index in [9.17, 15) is 4.79 Å². The third-order valence-electron chi connectivity index (χ3n) is 3.95. The van der Waals surface area contributed by atoms with Crippen LogP contribution >= 0.6 is 11.3 Å². The summed E-state index contributed by atoms with van der Waals surface area (Å²) in [5.74, 6) is 0.183. The smallest absolute Gasteiger partial charge is 0.264 e. The van der Waals surface area contributed by atoms with Crippen LogP contribution in [0.5, 0.6) is 0 Å². The van der Waals surface area contributed by atoms with E-state index in [2.05, 4.69) is 24.4 Å². The van der Waals surface area contributed by atoms with E-state index in [1.165, 1.54) is 10.1 Å². The predicted molar refractivity (Wildman–Crippen MR) is 84.4 cm³/mol. The van der Waals surface area contributed by atoms with E-state index in [-0.39, 0.29) is 5.91 Å². The lowest BCUT2D eigenvalue weighted by atomic mass is 10.1. The number of piperidine rings is 1. The van der Waals surface area contributed by atoms with Gasteiger partial charge in [0.15, 0.2) is 0 Å². The van der Waals surface area contributed by atoms with Crippen LogP contribution in [-0.4, -0.2) is 36.5 Å². The van der Waals surface area contributed by atoms with E-state index in [1.807, 2.05) is 23.1 Å². The number of likely N-dealkylation sites (N-methyl/N-ethyl adjacent to an activating group) is 1. The van der Waals surface area contributed by atoms with Crippen molar-refractivity contribution in [3.63, 3.8) is 0 Å². The van der Waals surface area contributed by atoms with Gasteiger partial charge in [0, 0.05) is 23.8 Å². The minimum Gasteiger partial charge on any atom is -0.334 e. The highest BCUT2D eigenvalue weighted by Gasteiger charge is 2.25. The van der Waals surface area contributed by atoms with Crippen LogP contribution in [0.25, 0.3) is 10.1 Å². The molecule has 106 valence electrons. The van der Waals surface area contributed by atoms with Gasteiger partial charge in [0.1, 0.15) is 0 Å². The number of benzene rings is 1. The monoisotopic (exact) mass is 288 g/mol. The number of nitrogens with zero attached hydrogens (tertiary/aromatic N) is 1. The highest BCUT2D eigenvalue weighted by molar-refractivity contribution is 7.20. The summed E-state index contributed by atoms with van der Waals surface area (Å²) in [6.07, 6.45) is 2.26. The van der Waals surface area contributed by atoms with E-state index in [1.54, 1.807) is 11.3 Å². The van der Waals surface area contributed by atoms with Gasteiger partial charge >= 0.3 is 0 Å². The van der Waals surface area contributed by atoms with Gasteiger partial charge in [-0.15, -0.1) is 11.3 Å². The first-order valence-electron chi connectivity index (χ1n) is 7.30. The Morgan fingerprint density at radius 2 is 2.30 bits per heavy atom. The second-order valence-electron chi connectivity index (χ2n) is 5.24. The predicted octanol–water partition coefficient (Wildman–Crippen LogP) is 3.12. The first-order chi connectivity index (χ1) is 9.79. The first-order valence-corrected chi connectivity index (χ1v) is 8.11. The molecule has 1 amide bonds. The number of hydrogen-bond acceptors (Lipinski definition) is 3. The quantitative estimate of drug-likeness (QED) is 0.941. The molecule has 1 N–H and O–H groups in total. The molecule has 1 unspecified atom stereocenters. The van der Waals surface area contributed by atoms with Crippen LogP contribution in [0.4, 0.5) is 0 Å². The summed E-state index contributed by atoms with van der Waals surface area (Å²) >= 11 is 1.60. The van der Waals surface area contributed by atoms with Gasteiger partial charge in [-0.3, -0.25) is 4.79 Å². The molecule has 0 saturated carbocycles. The van der Waals surface area contributed by atoms with Gasteiger partial charge in [-0.2, -0.15) is 0 Å². The summed E-state index contributed by atoms with van der Waals surface area (Å²) < 4.78 is 1.19. The lowest BCUT2D eigenvalue weighted by Crippen LogP contribution is -2.48. The number of carbonyl (C=O) groups is 1. The third-order valence-corrected chi connectivity index (χ3v) is 5.05. The maximum Gasteiger partial charge on any atom is 0.264 e. The standard InChI is InChI=1S/C16H20N2OS/c1-2-18(13-7-5-9-17-11-13)16(19)15-10-12-6-3-4-8-14(12)20-15/h3-4,6,8,10,13,17H,2,5,7,9,11H2,1H3. The van der Waals surface area contributed by atoms with Crippen molar-refractivity contribution in [2.75, 3.05) is 19.6 Å². The van der Waals surface area contributed by atoms with Crippen LogP contribution < -0.4 is 5.32 Å². The Morgan fingerprint density at radius 1 is 1.45 bits per heavy atom. The fourth-order valence-corrected chi connectivity index (χ4v) is 3.91. The molecule has 1 fully saturated rings. The Hall–Kier alpha value is -1.39. The first kappa shape index (κ1) is 13.6. The zero-order valence-electron chi connectivity index (χ0n) is 11.8. The average molecular weight is 288 g/mol. The molecule has 0 radical (unpaired) electrons. The Bertz CT molecular complexity index is 568. The SMILES string of the molecule is CCN(C(=O)c1cc2ccccc2s1)C1CCCNC1. The Balaban J connectivity index is 1.85. The second-order valence-corrected chi connectivity index (χ2v) is 6.32. The molecule has 20 heavy (non-hydrogen) atoms. The molecule has 0 spiro atoms. The summed E-state index contributed by atoms with van der Waals surface area (Å²) in [6.45, 7) is 4.84. The van der Waals surface area contributed by atoms with Crippen molar-refractivity contribution in [3.8, 4) is 0 Å². The Kier molecular flexibility index (Phi) is 4.03. The minimum atomic E-state index is 0.183. The van der Waals surface area contributed by atoms with Crippen molar-refractivity contribution in [1.82, 2.24) is 10.2 Å². The van der Waals surface area contributed by atoms with Gasteiger partial charge in [-0.05, 0) is 43.8 Å². The topological polar surface area (TPSA) is 32.3 Å². The van der Waals surface area contributed by atoms with E-state index in [0.29, 0.717) is 6.04 Å². The molecule has 1 aromatic heterocycles. The lowest BCUT2D eigenvalue weighted by Gasteiger charge is -2.33. The van der Waals surface area contributed by atoms with Crippen LogP contribution in [0.3, 0.4) is 0 Å². The molecule has 4 heteroatoms. The van der Waals surface area contributed by atoms with Crippen molar-refractivity contribution >= 4 is 27.3 Å². The number of rotatable bonds is 3. The summed E-state index contributed by atoms with van der Waals surface area (Å²) in [7, 11) is 0. The van der Waals surface area contributed by atoms with E-state index >= 15 is 0 Å². The maximum atomic E-state index is 12.8. The van der Waals surface area contributed by atoms with Gasteiger partial charge in [0.25, 0.3) is 5.91 Å². The highest BCUT2D eigenvalue weighted by Crippen LogP contribution is 2.27. The summed E-state index contributed by atoms with van der Waals surface area (Å²) in [5, 5.41) is 4.56. The highest BCUT2D eigenvalue weighted by atomic mass is 32.1. The number of nitrogens with one attached hydrogen (secondary N) is 1. The van der Waals surface area contributed by atoms with Crippen LogP contribution in [0.1, 0.15) is 29.4 Å². The average Bonchev–Trinajstić information content (AvgIpc) is 2.93. The van der Waals surface area contributed by atoms with E-state index in [4.69, 9.17) is 0 Å². The summed E-state index contributed by atoms with van der Waals surface area (Å²) in [6, 6.07) is 10.6. The number of hydrogen-bond donors (Lipinski definition) is 1. The minimum absolute atomic E-state index is 0.183. The molecule has 2 heterocycles. The number of thiophene rings is 1. The molecule has 0 bridgehead atoms. The molecule has 0 aliphatic carbocycles. The molecular formula is C16H20N2OS. The Morgan fingerprint density at radius 3 is 3.00 bits per heavy atom. The fourth-order valence-electron chi connectivity index (χ4n) is 2.90. The molecule has 3 rings (SSSR count). The van der Waals surface area contributed by atoms with Crippen molar-refractivity contribution in [3.05, 3.63) is 35.2 Å². The fraction of sp³-hybridized carbons (Fsp3) is 0.438. The molecule has 1 aliphatic rings. The molecule has 2 aromatic rings. The Labute approximate surface area is 123 Å². The third kappa shape index (κ3) is 2.58. The number of amides is 1. The zero-order chi connectivity index (χ0) is 13.9. The molecular weight excluding hydrogens is 268 g/mol. The summed E-state index contributed by atoms with van der Waals surface area (Å²) in [4.78, 5) is 15.6. The van der Waals surface area contributed by atoms with E-state index < -0.39 is 0 Å². The second kappa shape index (κ2) is 5.94. The number of fused-ring (bicyclic) bond motifs is 1. The normalized spacial score (nSPS) is 19.1. The van der Waals surface area contributed by atoms with Crippen LogP contribution in [-0.2, 0) is 0 Å². The molecule has 1 atom stereocenters. The van der Waals surface area contributed by atoms with Crippen molar-refractivity contribution < 1.29 is 4.79 Å². The van der Waals surface area contributed by atoms with Crippen molar-refractivity contribution in [2.24, 2.45) is 0 Å². The van der Waals surface area contributed by atoms with Gasteiger partial charge in [0.05, 0.1) is 4.88 Å². The van der Waals surface area contributed by atoms with Crippen LogP contribution in [0.15, 0.2) is 30.3 Å². The van der Waals surface area contributed by atoms with Gasteiger partial charge < -0.3 is 10.2 Å². The largest absolute Gasteiger partial charge is 0.334 e. The maximum absolute atomic E-state index is 12.8. The molecule has 1 saturated heterocycles. The van der Waals surface area contributed by atoms with Crippen LogP contribution in [0, 0.1) is 0 Å². The summed E-state index contributed by atoms with van der Waals surface area (Å²) in [5.41, 5.74) is 0. The number of carbonyl (C=O) groups excluding carboxylic acids is 1. The van der Waals surface area contributed by atoms with E-state index in [0.717, 1.165) is 37.4 Å². The van der Waals surface area contributed by atoms with Crippen molar-refractivity contribution in [2.45, 2.75) is 25.8 Å². The molecule has 3 nitrogen and oxygen atoms in total. The van der Waals surface area contributed by atoms with Gasteiger partial charge in [-0.1, -0.05) is 18.2 Å². The lowest BCUT2D eigenvalue weighted by molar-refractivity contribution is 0.0667. The molecule has 1 aliphatic heterocycles. The van der Waals surface area contributed by atoms with Crippen molar-refractivity contribution in [1.29, 1.82) is 0 Å². The zero-order valence-corrected chi connectivity index (χ0v) is 12.6.